The average molecular weight is 377 g/mol. The van der Waals surface area contributed by atoms with Crippen molar-refractivity contribution in [2.24, 2.45) is 0 Å². The second-order valence-corrected chi connectivity index (χ2v) is 5.33. The van der Waals surface area contributed by atoms with Crippen LogP contribution in [0.1, 0.15) is 27.3 Å². The summed E-state index contributed by atoms with van der Waals surface area (Å²) in [5, 5.41) is 12.8. The van der Waals surface area contributed by atoms with E-state index in [1.165, 1.54) is 24.3 Å². The summed E-state index contributed by atoms with van der Waals surface area (Å²) in [5.74, 6) is -0.628. The molecule has 3 N–H and O–H groups in total. The largest absolute Gasteiger partial charge is 0.573 e. The van der Waals surface area contributed by atoms with Gasteiger partial charge in [-0.05, 0) is 17.7 Å². The molecular weight excluding hydrogens is 361 g/mol. The van der Waals surface area contributed by atoms with Crippen molar-refractivity contribution in [2.45, 2.75) is 25.9 Å². The van der Waals surface area contributed by atoms with Gasteiger partial charge < -0.3 is 15.4 Å². The molecule has 0 spiro atoms. The smallest absolute Gasteiger partial charge is 0.406 e. The first-order chi connectivity index (χ1) is 11.4. The van der Waals surface area contributed by atoms with Crippen molar-refractivity contribution in [3.05, 3.63) is 46.8 Å². The Kier molecular flexibility index (Phi) is 5.91. The quantitative estimate of drug-likeness (QED) is 0.765. The van der Waals surface area contributed by atoms with Crippen LogP contribution in [-0.2, 0) is 19.5 Å². The lowest BCUT2D eigenvalue weighted by Gasteiger charge is -2.13. The van der Waals surface area contributed by atoms with E-state index < -0.39 is 6.36 Å². The van der Waals surface area contributed by atoms with Crippen molar-refractivity contribution in [3.8, 4) is 5.75 Å². The topological polar surface area (TPSA) is 79.0 Å². The van der Waals surface area contributed by atoms with Crippen LogP contribution in [0.5, 0.6) is 5.75 Å². The number of nitrogens with zero attached hydrogens (tertiary/aromatic N) is 1. The zero-order valence-electron chi connectivity index (χ0n) is 12.9. The first-order valence-electron chi connectivity index (χ1n) is 7.32. The molecular formula is C15H16ClF3N4O2. The van der Waals surface area contributed by atoms with Crippen LogP contribution in [0, 0.1) is 0 Å². The molecule has 0 saturated heterocycles. The van der Waals surface area contributed by atoms with E-state index in [2.05, 4.69) is 25.6 Å². The Bertz CT molecular complexity index is 731. The van der Waals surface area contributed by atoms with Crippen molar-refractivity contribution in [1.82, 2.24) is 20.8 Å². The van der Waals surface area contributed by atoms with Crippen LogP contribution >= 0.6 is 12.4 Å². The molecule has 0 unspecified atom stereocenters. The molecule has 1 aromatic heterocycles. The minimum atomic E-state index is -4.72. The van der Waals surface area contributed by atoms with E-state index in [-0.39, 0.29) is 30.6 Å². The molecule has 0 radical (unpaired) electrons. The molecule has 1 amide bonds. The Hall–Kier alpha value is -2.26. The summed E-state index contributed by atoms with van der Waals surface area (Å²) in [4.78, 5) is 12.2. The number of benzene rings is 1. The van der Waals surface area contributed by atoms with Crippen molar-refractivity contribution < 1.29 is 22.7 Å². The van der Waals surface area contributed by atoms with Gasteiger partial charge in [0.05, 0.1) is 0 Å². The van der Waals surface area contributed by atoms with Gasteiger partial charge >= 0.3 is 6.36 Å². The number of aromatic nitrogens is 2. The van der Waals surface area contributed by atoms with Gasteiger partial charge in [0.2, 0.25) is 0 Å². The Morgan fingerprint density at radius 3 is 2.68 bits per heavy atom. The van der Waals surface area contributed by atoms with E-state index in [9.17, 15) is 18.0 Å². The fraction of sp³-hybridized carbons (Fsp3) is 0.333. The number of aromatic amines is 1. The van der Waals surface area contributed by atoms with Crippen molar-refractivity contribution in [1.29, 1.82) is 0 Å². The molecule has 0 atom stereocenters. The van der Waals surface area contributed by atoms with E-state index >= 15 is 0 Å². The number of hydrogen-bond acceptors (Lipinski definition) is 4. The standard InChI is InChI=1S/C15H15F3N4O2.ClH/c16-15(17,18)24-10-3-1-9(2-4-10)7-20-14(23)13-11-8-19-6-5-12(11)21-22-13;/h1-4,19H,5-8H2,(H,20,23)(H,21,22);1H. The van der Waals surface area contributed by atoms with Gasteiger partial charge in [-0.15, -0.1) is 25.6 Å². The molecule has 10 heteroatoms. The number of carbonyl (C=O) groups is 1. The maximum Gasteiger partial charge on any atom is 0.573 e. The highest BCUT2D eigenvalue weighted by Gasteiger charge is 2.31. The van der Waals surface area contributed by atoms with Crippen LogP contribution in [0.2, 0.25) is 0 Å². The zero-order valence-corrected chi connectivity index (χ0v) is 13.8. The summed E-state index contributed by atoms with van der Waals surface area (Å²) in [7, 11) is 0. The Morgan fingerprint density at radius 1 is 1.28 bits per heavy atom. The van der Waals surface area contributed by atoms with Crippen LogP contribution in [-0.4, -0.2) is 29.0 Å². The van der Waals surface area contributed by atoms with Crippen LogP contribution in [0.25, 0.3) is 0 Å². The Morgan fingerprint density at radius 2 is 2.00 bits per heavy atom. The summed E-state index contributed by atoms with van der Waals surface area (Å²) in [5.41, 5.74) is 2.80. The molecule has 0 fully saturated rings. The monoisotopic (exact) mass is 376 g/mol. The van der Waals surface area contributed by atoms with Gasteiger partial charge in [0, 0.05) is 37.3 Å². The normalized spacial score (nSPS) is 13.6. The molecule has 1 aromatic carbocycles. The van der Waals surface area contributed by atoms with E-state index in [0.29, 0.717) is 17.8 Å². The predicted octanol–water partition coefficient (Wildman–Crippen LogP) is 2.31. The molecule has 1 aliphatic heterocycles. The van der Waals surface area contributed by atoms with Gasteiger partial charge in [-0.25, -0.2) is 0 Å². The minimum Gasteiger partial charge on any atom is -0.406 e. The number of hydrogen-bond donors (Lipinski definition) is 3. The molecule has 2 aromatic rings. The van der Waals surface area contributed by atoms with Gasteiger partial charge in [-0.3, -0.25) is 9.89 Å². The molecule has 25 heavy (non-hydrogen) atoms. The van der Waals surface area contributed by atoms with Gasteiger partial charge in [0.1, 0.15) is 5.75 Å². The SMILES string of the molecule is Cl.O=C(NCc1ccc(OC(F)(F)F)cc1)c1n[nH]c2c1CNCC2. The van der Waals surface area contributed by atoms with Crippen LogP contribution in [0.3, 0.4) is 0 Å². The number of carbonyl (C=O) groups excluding carboxylic acids is 1. The highest BCUT2D eigenvalue weighted by atomic mass is 35.5. The van der Waals surface area contributed by atoms with Crippen molar-refractivity contribution in [3.63, 3.8) is 0 Å². The molecule has 6 nitrogen and oxygen atoms in total. The Balaban J connectivity index is 0.00000225. The van der Waals surface area contributed by atoms with Gasteiger partial charge in [0.25, 0.3) is 5.91 Å². The maximum atomic E-state index is 12.2. The van der Waals surface area contributed by atoms with Crippen LogP contribution < -0.4 is 15.4 Å². The summed E-state index contributed by atoms with van der Waals surface area (Å²) in [6.45, 7) is 1.60. The fourth-order valence-electron chi connectivity index (χ4n) is 2.49. The third-order valence-electron chi connectivity index (χ3n) is 3.63. The van der Waals surface area contributed by atoms with Crippen LogP contribution in [0.15, 0.2) is 24.3 Å². The highest BCUT2D eigenvalue weighted by molar-refractivity contribution is 5.94. The molecule has 1 aliphatic rings. The zero-order chi connectivity index (χ0) is 17.2. The molecule has 2 heterocycles. The average Bonchev–Trinajstić information content (AvgIpc) is 2.96. The number of ether oxygens (including phenoxy) is 1. The van der Waals surface area contributed by atoms with Gasteiger partial charge in [-0.1, -0.05) is 12.1 Å². The number of H-pyrrole nitrogens is 1. The van der Waals surface area contributed by atoms with Gasteiger partial charge in [0.15, 0.2) is 5.69 Å². The van der Waals surface area contributed by atoms with Gasteiger partial charge in [-0.2, -0.15) is 5.10 Å². The number of fused-ring (bicyclic) bond motifs is 1. The number of nitrogens with one attached hydrogen (secondary N) is 3. The highest BCUT2D eigenvalue weighted by Crippen LogP contribution is 2.22. The number of amides is 1. The molecule has 0 bridgehead atoms. The summed E-state index contributed by atoms with van der Waals surface area (Å²) >= 11 is 0. The third kappa shape index (κ3) is 4.86. The summed E-state index contributed by atoms with van der Waals surface area (Å²) < 4.78 is 40.1. The van der Waals surface area contributed by atoms with E-state index in [0.717, 1.165) is 24.2 Å². The second kappa shape index (κ2) is 7.75. The van der Waals surface area contributed by atoms with Crippen molar-refractivity contribution >= 4 is 18.3 Å². The summed E-state index contributed by atoms with van der Waals surface area (Å²) in [6, 6.07) is 5.33. The lowest BCUT2D eigenvalue weighted by atomic mass is 10.1. The third-order valence-corrected chi connectivity index (χ3v) is 3.63. The molecule has 0 saturated carbocycles. The lowest BCUT2D eigenvalue weighted by molar-refractivity contribution is -0.274. The first-order valence-corrected chi connectivity index (χ1v) is 7.32. The van der Waals surface area contributed by atoms with E-state index in [4.69, 9.17) is 0 Å². The lowest BCUT2D eigenvalue weighted by Crippen LogP contribution is -2.28. The Labute approximate surface area is 147 Å². The van der Waals surface area contributed by atoms with Crippen molar-refractivity contribution in [2.75, 3.05) is 6.54 Å². The van der Waals surface area contributed by atoms with Crippen LogP contribution in [0.4, 0.5) is 13.2 Å². The first kappa shape index (κ1) is 19.1. The molecule has 3 rings (SSSR count). The number of alkyl halides is 3. The second-order valence-electron chi connectivity index (χ2n) is 5.33. The van der Waals surface area contributed by atoms with E-state index in [1.807, 2.05) is 0 Å². The maximum absolute atomic E-state index is 12.2. The minimum absolute atomic E-state index is 0. The fourth-order valence-corrected chi connectivity index (χ4v) is 2.49. The number of halogens is 4. The number of rotatable bonds is 4. The predicted molar refractivity (Wildman–Crippen MR) is 85.5 cm³/mol. The summed E-state index contributed by atoms with van der Waals surface area (Å²) in [6.07, 6.45) is -3.93. The molecule has 136 valence electrons. The van der Waals surface area contributed by atoms with E-state index in [1.54, 1.807) is 0 Å². The molecule has 0 aliphatic carbocycles.